The van der Waals surface area contributed by atoms with Gasteiger partial charge in [0.2, 0.25) is 5.12 Å². The molecule has 88 valence electrons. The number of halogens is 2. The van der Waals surface area contributed by atoms with Crippen LogP contribution in [0, 0.1) is 7.14 Å². The van der Waals surface area contributed by atoms with E-state index < -0.39 is 0 Å². The summed E-state index contributed by atoms with van der Waals surface area (Å²) in [5.74, 6) is 0.150. The van der Waals surface area contributed by atoms with Gasteiger partial charge >= 0.3 is 0 Å². The van der Waals surface area contributed by atoms with Gasteiger partial charge in [-0.3, -0.25) is 4.79 Å². The average Bonchev–Trinajstić information content (AvgIpc) is 2.53. The third-order valence-electron chi connectivity index (χ3n) is 1.99. The number of phenols is 1. The Kier molecular flexibility index (Phi) is 3.98. The van der Waals surface area contributed by atoms with Crippen LogP contribution in [0.4, 0.5) is 0 Å². The minimum atomic E-state index is -0.198. The van der Waals surface area contributed by atoms with Crippen molar-refractivity contribution in [3.8, 4) is 5.75 Å². The zero-order valence-electron chi connectivity index (χ0n) is 8.28. The number of carbonyl (C=O) groups excluding carboxylic acids is 1. The van der Waals surface area contributed by atoms with Gasteiger partial charge in [-0.1, -0.05) is 0 Å². The van der Waals surface area contributed by atoms with Crippen LogP contribution in [0.5, 0.6) is 5.75 Å². The summed E-state index contributed by atoms with van der Waals surface area (Å²) in [5, 5.41) is 9.92. The lowest BCUT2D eigenvalue weighted by Gasteiger charge is -2.03. The van der Waals surface area contributed by atoms with Crippen LogP contribution in [0.3, 0.4) is 0 Å². The maximum Gasteiger partial charge on any atom is 0.245 e. The molecule has 1 aliphatic rings. The molecule has 0 radical (unpaired) electrons. The molecular formula is C10H6I2N2O2S. The molecular weight excluding hydrogens is 466 g/mol. The van der Waals surface area contributed by atoms with E-state index in [0.717, 1.165) is 18.9 Å². The second-order valence-electron chi connectivity index (χ2n) is 3.19. The van der Waals surface area contributed by atoms with Gasteiger partial charge in [0.1, 0.15) is 11.4 Å². The average molecular weight is 472 g/mol. The third kappa shape index (κ3) is 2.94. The van der Waals surface area contributed by atoms with Gasteiger partial charge in [0, 0.05) is 9.13 Å². The monoisotopic (exact) mass is 472 g/mol. The Morgan fingerprint density at radius 3 is 2.71 bits per heavy atom. The number of hydrogen-bond donors (Lipinski definition) is 2. The first-order chi connectivity index (χ1) is 7.97. The van der Waals surface area contributed by atoms with Gasteiger partial charge < -0.3 is 10.8 Å². The van der Waals surface area contributed by atoms with E-state index in [0.29, 0.717) is 5.56 Å². The molecule has 1 heterocycles. The summed E-state index contributed by atoms with van der Waals surface area (Å²) in [6.07, 6.45) is 1.55. The first kappa shape index (κ1) is 13.1. The highest BCUT2D eigenvalue weighted by Gasteiger charge is 2.20. The summed E-state index contributed by atoms with van der Waals surface area (Å²) in [6.45, 7) is 0. The van der Waals surface area contributed by atoms with Crippen LogP contribution in [0.2, 0.25) is 0 Å². The molecule has 17 heavy (non-hydrogen) atoms. The van der Waals surface area contributed by atoms with Crippen LogP contribution in [-0.4, -0.2) is 15.4 Å². The van der Waals surface area contributed by atoms with Gasteiger partial charge in [0.25, 0.3) is 0 Å². The van der Waals surface area contributed by atoms with E-state index in [1.807, 2.05) is 28.7 Å². The normalized spacial score (nSPS) is 17.6. The van der Waals surface area contributed by atoms with E-state index >= 15 is 0 Å². The molecule has 7 heteroatoms. The predicted octanol–water partition coefficient (Wildman–Crippen LogP) is 2.53. The maximum absolute atomic E-state index is 11.5. The number of nitrogens with two attached hydrogens (primary N) is 1. The van der Waals surface area contributed by atoms with Gasteiger partial charge in [-0.15, -0.1) is 0 Å². The molecule has 0 amide bonds. The molecule has 0 aromatic heterocycles. The number of amidine groups is 1. The number of thioether (sulfide) groups is 1. The lowest BCUT2D eigenvalue weighted by atomic mass is 10.2. The molecule has 0 fully saturated rings. The van der Waals surface area contributed by atoms with Gasteiger partial charge in [-0.2, -0.15) is 0 Å². The fourth-order valence-electron chi connectivity index (χ4n) is 1.27. The topological polar surface area (TPSA) is 75.7 Å². The van der Waals surface area contributed by atoms with Crippen molar-refractivity contribution in [1.82, 2.24) is 0 Å². The van der Waals surface area contributed by atoms with Crippen molar-refractivity contribution >= 4 is 73.3 Å². The Balaban J connectivity index is 2.49. The number of nitrogens with zero attached hydrogens (tertiary/aromatic N) is 1. The van der Waals surface area contributed by atoms with Crippen molar-refractivity contribution in [2.45, 2.75) is 0 Å². The van der Waals surface area contributed by atoms with Crippen LogP contribution in [-0.2, 0) is 4.79 Å². The molecule has 0 saturated heterocycles. The molecule has 1 aromatic rings. The lowest BCUT2D eigenvalue weighted by Crippen LogP contribution is -2.01. The largest absolute Gasteiger partial charge is 0.506 e. The molecule has 0 unspecified atom stereocenters. The fourth-order valence-corrected chi connectivity index (χ4v) is 3.70. The van der Waals surface area contributed by atoms with E-state index in [4.69, 9.17) is 5.73 Å². The zero-order valence-corrected chi connectivity index (χ0v) is 13.4. The van der Waals surface area contributed by atoms with E-state index in [2.05, 4.69) is 27.6 Å². The van der Waals surface area contributed by atoms with Crippen molar-refractivity contribution in [3.05, 3.63) is 30.5 Å². The number of aromatic hydroxyl groups is 1. The first-order valence-electron chi connectivity index (χ1n) is 4.43. The van der Waals surface area contributed by atoms with Crippen molar-refractivity contribution in [3.63, 3.8) is 0 Å². The molecule has 2 rings (SSSR count). The highest BCUT2D eigenvalue weighted by molar-refractivity contribution is 14.1. The summed E-state index contributed by atoms with van der Waals surface area (Å²) in [4.78, 5) is 15.4. The zero-order chi connectivity index (χ0) is 12.6. The molecule has 0 atom stereocenters. The second-order valence-corrected chi connectivity index (χ2v) is 6.60. The molecule has 4 nitrogen and oxygen atoms in total. The number of hydrogen-bond acceptors (Lipinski definition) is 5. The molecule has 0 spiro atoms. The SMILES string of the molecule is NC1=NC(=Cc2cc(I)cc(I)c2O)C(=O)S1. The molecule has 0 saturated carbocycles. The van der Waals surface area contributed by atoms with E-state index in [1.165, 1.54) is 0 Å². The molecule has 3 N–H and O–H groups in total. The number of carbonyl (C=O) groups is 1. The van der Waals surface area contributed by atoms with E-state index in [9.17, 15) is 9.90 Å². The van der Waals surface area contributed by atoms with E-state index in [-0.39, 0.29) is 21.7 Å². The van der Waals surface area contributed by atoms with Crippen molar-refractivity contribution in [2.24, 2.45) is 10.7 Å². The Hall–Kier alpha value is -0.290. The summed E-state index contributed by atoms with van der Waals surface area (Å²) < 4.78 is 1.71. The Bertz CT molecular complexity index is 570. The fraction of sp³-hybridized carbons (Fsp3) is 0. The summed E-state index contributed by atoms with van der Waals surface area (Å²) in [7, 11) is 0. The standard InChI is InChI=1S/C10H6I2N2O2S/c11-5-1-4(8(15)6(12)3-5)2-7-9(16)17-10(13)14-7/h1-3,15H,(H2,13,14). The first-order valence-corrected chi connectivity index (χ1v) is 7.41. The number of benzene rings is 1. The van der Waals surface area contributed by atoms with Gasteiger partial charge in [-0.25, -0.2) is 4.99 Å². The minimum Gasteiger partial charge on any atom is -0.506 e. The Morgan fingerprint density at radius 2 is 2.12 bits per heavy atom. The quantitative estimate of drug-likeness (QED) is 0.487. The summed E-state index contributed by atoms with van der Waals surface area (Å²) in [5.41, 5.74) is 6.29. The summed E-state index contributed by atoms with van der Waals surface area (Å²) >= 11 is 5.08. The Morgan fingerprint density at radius 1 is 1.41 bits per heavy atom. The van der Waals surface area contributed by atoms with E-state index in [1.54, 1.807) is 12.1 Å². The number of rotatable bonds is 1. The van der Waals surface area contributed by atoms with Crippen molar-refractivity contribution in [2.75, 3.05) is 0 Å². The highest BCUT2D eigenvalue weighted by Crippen LogP contribution is 2.31. The maximum atomic E-state index is 11.5. The molecule has 1 aliphatic heterocycles. The van der Waals surface area contributed by atoms with Gasteiger partial charge in [0.15, 0.2) is 5.17 Å². The molecule has 0 bridgehead atoms. The second kappa shape index (κ2) is 5.14. The highest BCUT2D eigenvalue weighted by atomic mass is 127. The van der Waals surface area contributed by atoms with Crippen LogP contribution in [0.25, 0.3) is 6.08 Å². The van der Waals surface area contributed by atoms with Gasteiger partial charge in [0.05, 0.1) is 3.57 Å². The molecule has 1 aromatic carbocycles. The van der Waals surface area contributed by atoms with Gasteiger partial charge in [-0.05, 0) is 75.2 Å². The predicted molar refractivity (Wildman–Crippen MR) is 85.7 cm³/mol. The van der Waals surface area contributed by atoms with Crippen molar-refractivity contribution < 1.29 is 9.90 Å². The Labute approximate surface area is 129 Å². The number of aliphatic imine (C=N–C) groups is 1. The molecule has 0 aliphatic carbocycles. The van der Waals surface area contributed by atoms with Crippen LogP contribution < -0.4 is 5.73 Å². The van der Waals surface area contributed by atoms with Crippen LogP contribution in [0.1, 0.15) is 5.56 Å². The third-order valence-corrected chi connectivity index (χ3v) is 4.13. The van der Waals surface area contributed by atoms with Crippen molar-refractivity contribution in [1.29, 1.82) is 0 Å². The summed E-state index contributed by atoms with van der Waals surface area (Å²) in [6, 6.07) is 3.63. The smallest absolute Gasteiger partial charge is 0.245 e. The lowest BCUT2D eigenvalue weighted by molar-refractivity contribution is -0.107. The van der Waals surface area contributed by atoms with Crippen LogP contribution >= 0.6 is 56.9 Å². The number of phenolic OH excluding ortho intramolecular Hbond substituents is 1. The minimum absolute atomic E-state index is 0.150. The van der Waals surface area contributed by atoms with Crippen LogP contribution in [0.15, 0.2) is 22.8 Å².